The highest BCUT2D eigenvalue weighted by Crippen LogP contribution is 2.44. The highest BCUT2D eigenvalue weighted by molar-refractivity contribution is 6.00. The Hall–Kier alpha value is -1.84. The average molecular weight is 326 g/mol. The molecule has 3 aliphatic rings. The molecule has 128 valence electrons. The summed E-state index contributed by atoms with van der Waals surface area (Å²) in [5, 5.41) is 3.25. The first-order valence-electron chi connectivity index (χ1n) is 9.18. The zero-order chi connectivity index (χ0) is 16.8. The van der Waals surface area contributed by atoms with E-state index in [1.807, 2.05) is 26.0 Å². The second kappa shape index (κ2) is 5.91. The number of hydrogen-bond acceptors (Lipinski definition) is 2. The van der Waals surface area contributed by atoms with Crippen LogP contribution >= 0.6 is 0 Å². The summed E-state index contributed by atoms with van der Waals surface area (Å²) in [4.78, 5) is 26.8. The number of hydrogen-bond donors (Lipinski definition) is 1. The van der Waals surface area contributed by atoms with Crippen LogP contribution in [0, 0.1) is 31.6 Å². The van der Waals surface area contributed by atoms with E-state index in [9.17, 15) is 9.59 Å². The summed E-state index contributed by atoms with van der Waals surface area (Å²) in [6, 6.07) is 6.51. The Labute approximate surface area is 143 Å². The molecule has 1 saturated heterocycles. The number of nitrogens with zero attached hydrogens (tertiary/aromatic N) is 1. The van der Waals surface area contributed by atoms with Crippen LogP contribution in [-0.2, 0) is 9.59 Å². The molecule has 1 aromatic carbocycles. The minimum atomic E-state index is -0.211. The number of carbonyl (C=O) groups excluding carboxylic acids is 2. The SMILES string of the molecule is Cc1cc(C)cc(N2CC(C(=O)NC3CC4CCC3C4)CC2=O)c1. The molecule has 3 fully saturated rings. The molecule has 0 radical (unpaired) electrons. The van der Waals surface area contributed by atoms with Gasteiger partial charge in [0.15, 0.2) is 0 Å². The number of anilines is 1. The first-order valence-corrected chi connectivity index (χ1v) is 9.18. The van der Waals surface area contributed by atoms with Crippen molar-refractivity contribution >= 4 is 17.5 Å². The lowest BCUT2D eigenvalue weighted by atomic mass is 9.94. The molecule has 1 N–H and O–H groups in total. The van der Waals surface area contributed by atoms with Crippen LogP contribution in [0.3, 0.4) is 0 Å². The van der Waals surface area contributed by atoms with Gasteiger partial charge in [0.1, 0.15) is 0 Å². The zero-order valence-corrected chi connectivity index (χ0v) is 14.5. The average Bonchev–Trinajstić information content (AvgIpc) is 3.21. The smallest absolute Gasteiger partial charge is 0.227 e. The van der Waals surface area contributed by atoms with Gasteiger partial charge < -0.3 is 10.2 Å². The van der Waals surface area contributed by atoms with E-state index in [4.69, 9.17) is 0 Å². The lowest BCUT2D eigenvalue weighted by Crippen LogP contribution is -2.42. The lowest BCUT2D eigenvalue weighted by molar-refractivity contribution is -0.127. The molecule has 2 aliphatic carbocycles. The minimum absolute atomic E-state index is 0.0630. The van der Waals surface area contributed by atoms with Gasteiger partial charge in [-0.2, -0.15) is 0 Å². The van der Waals surface area contributed by atoms with E-state index < -0.39 is 0 Å². The Morgan fingerprint density at radius 3 is 2.50 bits per heavy atom. The van der Waals surface area contributed by atoms with Crippen molar-refractivity contribution in [1.82, 2.24) is 5.32 Å². The number of benzene rings is 1. The molecule has 0 spiro atoms. The maximum atomic E-state index is 12.6. The van der Waals surface area contributed by atoms with Crippen molar-refractivity contribution in [2.24, 2.45) is 17.8 Å². The number of amides is 2. The van der Waals surface area contributed by atoms with Crippen LogP contribution in [0.15, 0.2) is 18.2 Å². The van der Waals surface area contributed by atoms with Crippen LogP contribution in [0.5, 0.6) is 0 Å². The van der Waals surface area contributed by atoms with Crippen molar-refractivity contribution in [3.05, 3.63) is 29.3 Å². The molecule has 2 bridgehead atoms. The molecule has 24 heavy (non-hydrogen) atoms. The minimum Gasteiger partial charge on any atom is -0.353 e. The van der Waals surface area contributed by atoms with Gasteiger partial charge in [-0.3, -0.25) is 9.59 Å². The van der Waals surface area contributed by atoms with Gasteiger partial charge in [0.05, 0.1) is 5.92 Å². The molecule has 1 aromatic rings. The Kier molecular flexibility index (Phi) is 3.86. The van der Waals surface area contributed by atoms with Gasteiger partial charge in [0.25, 0.3) is 0 Å². The van der Waals surface area contributed by atoms with Crippen molar-refractivity contribution in [3.8, 4) is 0 Å². The second-order valence-corrected chi connectivity index (χ2v) is 8.04. The molecule has 4 rings (SSSR count). The molecule has 0 aromatic heterocycles. The van der Waals surface area contributed by atoms with E-state index in [1.54, 1.807) is 4.90 Å². The van der Waals surface area contributed by atoms with E-state index in [-0.39, 0.29) is 17.7 Å². The van der Waals surface area contributed by atoms with Gasteiger partial charge in [-0.1, -0.05) is 12.5 Å². The van der Waals surface area contributed by atoms with Gasteiger partial charge >= 0.3 is 0 Å². The summed E-state index contributed by atoms with van der Waals surface area (Å²) in [6.07, 6.45) is 5.34. The fourth-order valence-corrected chi connectivity index (χ4v) is 4.96. The standard InChI is InChI=1S/C20H26N2O2/c1-12-5-13(2)7-17(6-12)22-11-16(10-19(22)23)20(24)21-18-9-14-3-4-15(18)8-14/h5-7,14-16,18H,3-4,8-11H2,1-2H3,(H,21,24). The van der Waals surface area contributed by atoms with E-state index in [0.717, 1.165) is 29.2 Å². The Morgan fingerprint density at radius 2 is 1.88 bits per heavy atom. The molecule has 4 unspecified atom stereocenters. The van der Waals surface area contributed by atoms with Crippen LogP contribution in [0.4, 0.5) is 5.69 Å². The molecular weight excluding hydrogens is 300 g/mol. The largest absolute Gasteiger partial charge is 0.353 e. The first kappa shape index (κ1) is 15.7. The van der Waals surface area contributed by atoms with Crippen LogP contribution in [0.1, 0.15) is 43.2 Å². The third kappa shape index (κ3) is 2.83. The van der Waals surface area contributed by atoms with Crippen LogP contribution in [0.2, 0.25) is 0 Å². The Balaban J connectivity index is 1.42. The second-order valence-electron chi connectivity index (χ2n) is 8.04. The Bertz CT molecular complexity index is 664. The van der Waals surface area contributed by atoms with E-state index in [1.165, 1.54) is 19.3 Å². The van der Waals surface area contributed by atoms with E-state index >= 15 is 0 Å². The number of nitrogens with one attached hydrogen (secondary N) is 1. The fraction of sp³-hybridized carbons (Fsp3) is 0.600. The number of carbonyl (C=O) groups is 2. The molecule has 2 amide bonds. The summed E-state index contributed by atoms with van der Waals surface area (Å²) >= 11 is 0. The number of aryl methyl sites for hydroxylation is 2. The van der Waals surface area contributed by atoms with Gasteiger partial charge in [-0.15, -0.1) is 0 Å². The molecule has 4 atom stereocenters. The summed E-state index contributed by atoms with van der Waals surface area (Å²) in [6.45, 7) is 4.58. The molecule has 2 saturated carbocycles. The fourth-order valence-electron chi connectivity index (χ4n) is 4.96. The quantitative estimate of drug-likeness (QED) is 0.928. The predicted molar refractivity (Wildman–Crippen MR) is 93.8 cm³/mol. The molecule has 1 heterocycles. The summed E-state index contributed by atoms with van der Waals surface area (Å²) in [5.41, 5.74) is 3.22. The van der Waals surface area contributed by atoms with Crippen molar-refractivity contribution < 1.29 is 9.59 Å². The monoisotopic (exact) mass is 326 g/mol. The summed E-state index contributed by atoms with van der Waals surface area (Å²) in [7, 11) is 0. The number of fused-ring (bicyclic) bond motifs is 2. The van der Waals surface area contributed by atoms with Crippen LogP contribution in [0.25, 0.3) is 0 Å². The zero-order valence-electron chi connectivity index (χ0n) is 14.5. The topological polar surface area (TPSA) is 49.4 Å². The van der Waals surface area contributed by atoms with Gasteiger partial charge in [-0.05, 0) is 68.2 Å². The highest BCUT2D eigenvalue weighted by atomic mass is 16.2. The van der Waals surface area contributed by atoms with Gasteiger partial charge in [0, 0.05) is 24.7 Å². The maximum absolute atomic E-state index is 12.6. The van der Waals surface area contributed by atoms with E-state index in [0.29, 0.717) is 24.9 Å². The Morgan fingerprint density at radius 1 is 1.12 bits per heavy atom. The summed E-state index contributed by atoms with van der Waals surface area (Å²) < 4.78 is 0. The summed E-state index contributed by atoms with van der Waals surface area (Å²) in [5.74, 6) is 1.42. The molecule has 4 heteroatoms. The third-order valence-electron chi connectivity index (χ3n) is 6.08. The van der Waals surface area contributed by atoms with Gasteiger partial charge in [-0.25, -0.2) is 0 Å². The van der Waals surface area contributed by atoms with Crippen molar-refractivity contribution in [2.75, 3.05) is 11.4 Å². The van der Waals surface area contributed by atoms with Crippen molar-refractivity contribution in [3.63, 3.8) is 0 Å². The maximum Gasteiger partial charge on any atom is 0.227 e. The molecule has 1 aliphatic heterocycles. The van der Waals surface area contributed by atoms with Gasteiger partial charge in [0.2, 0.25) is 11.8 Å². The number of rotatable bonds is 3. The van der Waals surface area contributed by atoms with E-state index in [2.05, 4.69) is 11.4 Å². The van der Waals surface area contributed by atoms with Crippen molar-refractivity contribution in [2.45, 2.75) is 52.0 Å². The van der Waals surface area contributed by atoms with Crippen LogP contribution < -0.4 is 10.2 Å². The predicted octanol–water partition coefficient (Wildman–Crippen LogP) is 2.96. The lowest BCUT2D eigenvalue weighted by Gasteiger charge is -2.24. The van der Waals surface area contributed by atoms with Crippen LogP contribution in [-0.4, -0.2) is 24.4 Å². The molecule has 4 nitrogen and oxygen atoms in total. The molecular formula is C20H26N2O2. The highest BCUT2D eigenvalue weighted by Gasteiger charge is 2.42. The normalized spacial score (nSPS) is 31.8. The van der Waals surface area contributed by atoms with Crippen molar-refractivity contribution in [1.29, 1.82) is 0 Å². The third-order valence-corrected chi connectivity index (χ3v) is 6.08. The first-order chi connectivity index (χ1) is 11.5.